The lowest BCUT2D eigenvalue weighted by Gasteiger charge is -2.43. The van der Waals surface area contributed by atoms with Crippen molar-refractivity contribution < 1.29 is 9.47 Å². The van der Waals surface area contributed by atoms with E-state index in [0.717, 1.165) is 44.6 Å². The molecular formula is C17H33NO2. The lowest BCUT2D eigenvalue weighted by molar-refractivity contribution is -0.106. The lowest BCUT2D eigenvalue weighted by atomic mass is 9.75. The molecule has 3 unspecified atom stereocenters. The Balaban J connectivity index is 2.02. The van der Waals surface area contributed by atoms with Crippen LogP contribution in [0.5, 0.6) is 0 Å². The number of ether oxygens (including phenoxy) is 2. The van der Waals surface area contributed by atoms with Gasteiger partial charge in [0.25, 0.3) is 0 Å². The van der Waals surface area contributed by atoms with Crippen LogP contribution in [-0.2, 0) is 9.47 Å². The molecule has 0 radical (unpaired) electrons. The van der Waals surface area contributed by atoms with E-state index < -0.39 is 0 Å². The zero-order valence-corrected chi connectivity index (χ0v) is 13.6. The molecule has 20 heavy (non-hydrogen) atoms. The van der Waals surface area contributed by atoms with Gasteiger partial charge in [0, 0.05) is 25.7 Å². The summed E-state index contributed by atoms with van der Waals surface area (Å²) < 4.78 is 11.7. The van der Waals surface area contributed by atoms with Gasteiger partial charge in [-0.2, -0.15) is 0 Å². The number of hydrogen-bond donors (Lipinski definition) is 1. The molecule has 2 saturated heterocycles. The molecule has 2 aliphatic rings. The smallest absolute Gasteiger partial charge is 0.0939 e. The van der Waals surface area contributed by atoms with Crippen molar-refractivity contribution in [3.8, 4) is 0 Å². The van der Waals surface area contributed by atoms with Gasteiger partial charge in [-0.25, -0.2) is 0 Å². The van der Waals surface area contributed by atoms with Crippen molar-refractivity contribution in [2.45, 2.75) is 70.9 Å². The highest BCUT2D eigenvalue weighted by molar-refractivity contribution is 4.95. The van der Waals surface area contributed by atoms with E-state index in [1.165, 1.54) is 32.1 Å². The molecule has 3 atom stereocenters. The van der Waals surface area contributed by atoms with Gasteiger partial charge in [0.1, 0.15) is 0 Å². The van der Waals surface area contributed by atoms with Gasteiger partial charge in [0.05, 0.1) is 12.2 Å². The van der Waals surface area contributed by atoms with E-state index in [1.807, 2.05) is 0 Å². The summed E-state index contributed by atoms with van der Waals surface area (Å²) in [4.78, 5) is 0. The van der Waals surface area contributed by atoms with Gasteiger partial charge in [-0.15, -0.1) is 0 Å². The maximum absolute atomic E-state index is 6.11. The van der Waals surface area contributed by atoms with Crippen LogP contribution in [0, 0.1) is 11.8 Å². The van der Waals surface area contributed by atoms with E-state index in [1.54, 1.807) is 0 Å². The first-order valence-corrected chi connectivity index (χ1v) is 8.69. The number of hydrogen-bond acceptors (Lipinski definition) is 3. The van der Waals surface area contributed by atoms with E-state index in [2.05, 4.69) is 26.1 Å². The third kappa shape index (κ3) is 3.75. The number of rotatable bonds is 7. The number of nitrogens with one attached hydrogen (secondary N) is 1. The van der Waals surface area contributed by atoms with E-state index in [-0.39, 0.29) is 5.60 Å². The second-order valence-corrected chi connectivity index (χ2v) is 6.64. The molecule has 0 aromatic heterocycles. The highest BCUT2D eigenvalue weighted by atomic mass is 16.6. The van der Waals surface area contributed by atoms with Gasteiger partial charge in [-0.1, -0.05) is 33.6 Å². The zero-order valence-electron chi connectivity index (χ0n) is 13.6. The van der Waals surface area contributed by atoms with Crippen molar-refractivity contribution in [3.63, 3.8) is 0 Å². The Morgan fingerprint density at radius 2 is 2.00 bits per heavy atom. The zero-order chi connectivity index (χ0) is 14.4. The molecule has 1 N–H and O–H groups in total. The Kier molecular flexibility index (Phi) is 6.31. The molecule has 0 aromatic carbocycles. The second kappa shape index (κ2) is 7.77. The normalized spacial score (nSPS) is 32.1. The fourth-order valence-electron chi connectivity index (χ4n) is 4.06. The first kappa shape index (κ1) is 16.3. The quantitative estimate of drug-likeness (QED) is 0.777. The van der Waals surface area contributed by atoms with E-state index >= 15 is 0 Å². The molecule has 2 heterocycles. The van der Waals surface area contributed by atoms with Gasteiger partial charge >= 0.3 is 0 Å². The van der Waals surface area contributed by atoms with E-state index in [9.17, 15) is 0 Å². The largest absolute Gasteiger partial charge is 0.378 e. The summed E-state index contributed by atoms with van der Waals surface area (Å²) in [5.74, 6) is 1.55. The van der Waals surface area contributed by atoms with Crippen molar-refractivity contribution in [2.75, 3.05) is 26.4 Å². The van der Waals surface area contributed by atoms with Crippen molar-refractivity contribution in [3.05, 3.63) is 0 Å². The molecule has 118 valence electrons. The van der Waals surface area contributed by atoms with Gasteiger partial charge in [0.2, 0.25) is 0 Å². The van der Waals surface area contributed by atoms with E-state index in [4.69, 9.17) is 9.47 Å². The van der Waals surface area contributed by atoms with Crippen molar-refractivity contribution in [1.82, 2.24) is 5.32 Å². The highest BCUT2D eigenvalue weighted by Crippen LogP contribution is 2.39. The molecule has 3 heteroatoms. The minimum Gasteiger partial charge on any atom is -0.378 e. The summed E-state index contributed by atoms with van der Waals surface area (Å²) in [7, 11) is 0. The third-order valence-electron chi connectivity index (χ3n) is 5.29. The summed E-state index contributed by atoms with van der Waals surface area (Å²) in [6.07, 6.45) is 7.25. The minimum atomic E-state index is 0.0428. The van der Waals surface area contributed by atoms with Crippen LogP contribution < -0.4 is 5.32 Å². The first-order chi connectivity index (χ1) is 9.74. The molecular weight excluding hydrogens is 250 g/mol. The van der Waals surface area contributed by atoms with Crippen LogP contribution in [0.1, 0.15) is 59.3 Å². The summed E-state index contributed by atoms with van der Waals surface area (Å²) >= 11 is 0. The highest BCUT2D eigenvalue weighted by Gasteiger charge is 2.43. The fraction of sp³-hybridized carbons (Fsp3) is 1.00. The molecule has 0 aliphatic carbocycles. The fourth-order valence-corrected chi connectivity index (χ4v) is 4.06. The Bertz CT molecular complexity index is 272. The van der Waals surface area contributed by atoms with Gasteiger partial charge < -0.3 is 14.8 Å². The predicted octanol–water partition coefficient (Wildman–Crippen LogP) is 3.38. The van der Waals surface area contributed by atoms with Crippen molar-refractivity contribution >= 4 is 0 Å². The molecule has 0 aromatic rings. The Hall–Kier alpha value is -0.120. The monoisotopic (exact) mass is 283 g/mol. The minimum absolute atomic E-state index is 0.0428. The average molecular weight is 283 g/mol. The maximum atomic E-state index is 6.11. The summed E-state index contributed by atoms with van der Waals surface area (Å²) in [5.41, 5.74) is 0.0428. The van der Waals surface area contributed by atoms with Crippen molar-refractivity contribution in [2.24, 2.45) is 11.8 Å². The van der Waals surface area contributed by atoms with Crippen LogP contribution >= 0.6 is 0 Å². The predicted molar refractivity (Wildman–Crippen MR) is 83.0 cm³/mol. The van der Waals surface area contributed by atoms with Gasteiger partial charge in [0.15, 0.2) is 0 Å². The first-order valence-electron chi connectivity index (χ1n) is 8.69. The van der Waals surface area contributed by atoms with Crippen LogP contribution in [0.2, 0.25) is 0 Å². The molecule has 2 rings (SSSR count). The Morgan fingerprint density at radius 1 is 1.20 bits per heavy atom. The van der Waals surface area contributed by atoms with Gasteiger partial charge in [-0.3, -0.25) is 0 Å². The van der Waals surface area contributed by atoms with Crippen LogP contribution in [0.4, 0.5) is 0 Å². The molecule has 3 nitrogen and oxygen atoms in total. The van der Waals surface area contributed by atoms with Crippen molar-refractivity contribution in [1.29, 1.82) is 0 Å². The van der Waals surface area contributed by atoms with Crippen LogP contribution in [-0.4, -0.2) is 38.0 Å². The Morgan fingerprint density at radius 3 is 2.60 bits per heavy atom. The second-order valence-electron chi connectivity index (χ2n) is 6.64. The molecule has 1 spiro atoms. The van der Waals surface area contributed by atoms with Crippen LogP contribution in [0.3, 0.4) is 0 Å². The maximum Gasteiger partial charge on any atom is 0.0939 e. The van der Waals surface area contributed by atoms with Crippen LogP contribution in [0.15, 0.2) is 0 Å². The molecule has 2 fully saturated rings. The SMILES string of the molecule is CCCNC(C(CC)CC)C1CCOC2(CCOC2)C1. The standard InChI is InChI=1S/C17H33NO2/c1-4-9-18-16(14(5-2)6-3)15-7-10-20-17(12-15)8-11-19-13-17/h14-16,18H,4-13H2,1-3H3. The third-order valence-corrected chi connectivity index (χ3v) is 5.29. The summed E-state index contributed by atoms with van der Waals surface area (Å²) in [6, 6.07) is 0.659. The van der Waals surface area contributed by atoms with Crippen LogP contribution in [0.25, 0.3) is 0 Å². The average Bonchev–Trinajstić information content (AvgIpc) is 2.91. The molecule has 2 aliphatic heterocycles. The molecule has 0 bridgehead atoms. The lowest BCUT2D eigenvalue weighted by Crippen LogP contribution is -2.50. The summed E-state index contributed by atoms with van der Waals surface area (Å²) in [6.45, 7) is 10.7. The Labute approximate surface area is 124 Å². The van der Waals surface area contributed by atoms with Gasteiger partial charge in [-0.05, 0) is 37.6 Å². The topological polar surface area (TPSA) is 30.5 Å². The molecule has 0 amide bonds. The molecule has 0 saturated carbocycles. The summed E-state index contributed by atoms with van der Waals surface area (Å²) in [5, 5.41) is 3.85. The van der Waals surface area contributed by atoms with E-state index in [0.29, 0.717) is 6.04 Å².